The predicted molar refractivity (Wildman–Crippen MR) is 132 cm³/mol. The van der Waals surface area contributed by atoms with E-state index in [4.69, 9.17) is 16.7 Å². The number of benzene rings is 2. The highest BCUT2D eigenvalue weighted by Crippen LogP contribution is 2.42. The fourth-order valence-electron chi connectivity index (χ4n) is 4.56. The normalized spacial score (nSPS) is 19.7. The molecule has 0 radical (unpaired) electrons. The molecule has 3 rings (SSSR count). The first kappa shape index (κ1) is 25.4. The molecule has 1 aliphatic rings. The lowest BCUT2D eigenvalue weighted by Crippen LogP contribution is -2.55. The van der Waals surface area contributed by atoms with Crippen LogP contribution in [0.15, 0.2) is 53.4 Å². The van der Waals surface area contributed by atoms with E-state index < -0.39 is 17.0 Å². The first-order valence-corrected chi connectivity index (χ1v) is 12.7. The first-order chi connectivity index (χ1) is 15.5. The van der Waals surface area contributed by atoms with Gasteiger partial charge in [-0.15, -0.1) is 0 Å². The van der Waals surface area contributed by atoms with E-state index in [1.165, 1.54) is 11.6 Å². The SMILES string of the molecule is CC(C)[C@@H](NC(=O)c1cccc(S(N)=O)c1)C(=O)N1CCC(c2ccc(Cl)cc2)C(C)(C)C1. The molecule has 8 heteroatoms. The molecule has 3 N–H and O–H groups in total. The van der Waals surface area contributed by atoms with Crippen molar-refractivity contribution in [1.29, 1.82) is 0 Å². The molecule has 1 fully saturated rings. The van der Waals surface area contributed by atoms with Crippen LogP contribution in [0.4, 0.5) is 0 Å². The van der Waals surface area contributed by atoms with Gasteiger partial charge in [0.15, 0.2) is 0 Å². The Morgan fingerprint density at radius 2 is 1.85 bits per heavy atom. The zero-order chi connectivity index (χ0) is 24.3. The van der Waals surface area contributed by atoms with E-state index in [-0.39, 0.29) is 23.1 Å². The van der Waals surface area contributed by atoms with Crippen molar-refractivity contribution in [2.75, 3.05) is 13.1 Å². The number of halogens is 1. The number of nitrogens with one attached hydrogen (secondary N) is 1. The van der Waals surface area contributed by atoms with Crippen LogP contribution in [-0.2, 0) is 15.8 Å². The van der Waals surface area contributed by atoms with Crippen molar-refractivity contribution in [3.05, 3.63) is 64.7 Å². The van der Waals surface area contributed by atoms with Crippen LogP contribution in [0.2, 0.25) is 5.02 Å². The minimum Gasteiger partial charge on any atom is -0.340 e. The molecule has 2 amide bonds. The van der Waals surface area contributed by atoms with Crippen molar-refractivity contribution in [1.82, 2.24) is 10.2 Å². The van der Waals surface area contributed by atoms with Gasteiger partial charge in [0.1, 0.15) is 17.0 Å². The Labute approximate surface area is 203 Å². The number of carbonyl (C=O) groups excluding carboxylic acids is 2. The van der Waals surface area contributed by atoms with E-state index in [9.17, 15) is 13.8 Å². The van der Waals surface area contributed by atoms with Gasteiger partial charge in [0.2, 0.25) is 5.91 Å². The zero-order valence-electron chi connectivity index (χ0n) is 19.5. The number of likely N-dealkylation sites (tertiary alicyclic amines) is 1. The summed E-state index contributed by atoms with van der Waals surface area (Å²) in [7, 11) is -1.68. The Morgan fingerprint density at radius 3 is 2.42 bits per heavy atom. The predicted octanol–water partition coefficient (Wildman–Crippen LogP) is 4.12. The number of nitrogens with zero attached hydrogens (tertiary/aromatic N) is 1. The first-order valence-electron chi connectivity index (χ1n) is 11.1. The smallest absolute Gasteiger partial charge is 0.251 e. The Morgan fingerprint density at radius 1 is 1.18 bits per heavy atom. The molecule has 2 aromatic carbocycles. The van der Waals surface area contributed by atoms with Crippen LogP contribution >= 0.6 is 11.6 Å². The van der Waals surface area contributed by atoms with Gasteiger partial charge < -0.3 is 10.2 Å². The monoisotopic (exact) mass is 489 g/mol. The van der Waals surface area contributed by atoms with Gasteiger partial charge in [-0.2, -0.15) is 0 Å². The zero-order valence-corrected chi connectivity index (χ0v) is 21.1. The summed E-state index contributed by atoms with van der Waals surface area (Å²) in [6.45, 7) is 9.40. The van der Waals surface area contributed by atoms with Gasteiger partial charge in [-0.1, -0.05) is 57.5 Å². The molecule has 2 unspecified atom stereocenters. The van der Waals surface area contributed by atoms with Gasteiger partial charge in [0, 0.05) is 23.7 Å². The summed E-state index contributed by atoms with van der Waals surface area (Å²) in [6, 6.07) is 13.6. The number of carbonyl (C=O) groups is 2. The summed E-state index contributed by atoms with van der Waals surface area (Å²) in [6.07, 6.45) is 0.837. The van der Waals surface area contributed by atoms with Crippen LogP contribution in [-0.4, -0.2) is 40.1 Å². The molecule has 1 heterocycles. The maximum Gasteiger partial charge on any atom is 0.251 e. The third-order valence-electron chi connectivity index (χ3n) is 6.36. The number of hydrogen-bond donors (Lipinski definition) is 2. The molecule has 178 valence electrons. The second kappa shape index (κ2) is 10.4. The van der Waals surface area contributed by atoms with Gasteiger partial charge in [-0.25, -0.2) is 9.35 Å². The molecular formula is C25H32ClN3O3S. The fourth-order valence-corrected chi connectivity index (χ4v) is 5.14. The number of nitrogens with two attached hydrogens (primary N) is 1. The number of rotatable bonds is 6. The maximum atomic E-state index is 13.5. The molecular weight excluding hydrogens is 458 g/mol. The van der Waals surface area contributed by atoms with E-state index >= 15 is 0 Å². The van der Waals surface area contributed by atoms with Gasteiger partial charge in [0.05, 0.1) is 4.90 Å². The molecule has 0 bridgehead atoms. The van der Waals surface area contributed by atoms with Crippen molar-refractivity contribution in [2.45, 2.75) is 51.0 Å². The Balaban J connectivity index is 1.73. The van der Waals surface area contributed by atoms with E-state index in [1.807, 2.05) is 30.9 Å². The quantitative estimate of drug-likeness (QED) is 0.639. The molecule has 33 heavy (non-hydrogen) atoms. The molecule has 0 aliphatic carbocycles. The molecule has 2 aromatic rings. The largest absolute Gasteiger partial charge is 0.340 e. The second-order valence-electron chi connectivity index (χ2n) is 9.66. The molecule has 1 aliphatic heterocycles. The van der Waals surface area contributed by atoms with E-state index in [1.54, 1.807) is 18.2 Å². The highest BCUT2D eigenvalue weighted by atomic mass is 35.5. The fraction of sp³-hybridized carbons (Fsp3) is 0.440. The molecule has 6 nitrogen and oxygen atoms in total. The van der Waals surface area contributed by atoms with Crippen LogP contribution in [0.25, 0.3) is 0 Å². The van der Waals surface area contributed by atoms with E-state index in [0.29, 0.717) is 34.5 Å². The number of amides is 2. The van der Waals surface area contributed by atoms with Crippen LogP contribution in [0.1, 0.15) is 56.0 Å². The summed E-state index contributed by atoms with van der Waals surface area (Å²) in [5.74, 6) is -0.250. The van der Waals surface area contributed by atoms with Crippen molar-refractivity contribution < 1.29 is 13.8 Å². The minimum atomic E-state index is -1.68. The average molecular weight is 490 g/mol. The summed E-state index contributed by atoms with van der Waals surface area (Å²) in [5, 5.41) is 9.04. The lowest BCUT2D eigenvalue weighted by Gasteiger charge is -2.45. The summed E-state index contributed by atoms with van der Waals surface area (Å²) < 4.78 is 11.6. The molecule has 1 saturated heterocycles. The molecule has 0 saturated carbocycles. The van der Waals surface area contributed by atoms with E-state index in [0.717, 1.165) is 6.42 Å². The second-order valence-corrected chi connectivity index (χ2v) is 11.2. The highest BCUT2D eigenvalue weighted by molar-refractivity contribution is 7.82. The van der Waals surface area contributed by atoms with Crippen LogP contribution in [0.5, 0.6) is 0 Å². The number of piperidine rings is 1. The van der Waals surface area contributed by atoms with Gasteiger partial charge in [-0.3, -0.25) is 9.59 Å². The van der Waals surface area contributed by atoms with Crippen molar-refractivity contribution >= 4 is 34.4 Å². The molecule has 0 spiro atoms. The topological polar surface area (TPSA) is 92.5 Å². The third-order valence-corrected chi connectivity index (χ3v) is 7.33. The lowest BCUT2D eigenvalue weighted by molar-refractivity contribution is -0.137. The Hall–Kier alpha value is -2.22. The molecule has 0 aromatic heterocycles. The van der Waals surface area contributed by atoms with Gasteiger partial charge >= 0.3 is 0 Å². The van der Waals surface area contributed by atoms with Crippen molar-refractivity contribution in [2.24, 2.45) is 16.5 Å². The third kappa shape index (κ3) is 6.02. The van der Waals surface area contributed by atoms with Gasteiger partial charge in [-0.05, 0) is 59.6 Å². The minimum absolute atomic E-state index is 0.0838. The number of hydrogen-bond acceptors (Lipinski definition) is 3. The Bertz CT molecular complexity index is 1040. The lowest BCUT2D eigenvalue weighted by atomic mass is 9.70. The summed E-state index contributed by atoms with van der Waals surface area (Å²) in [5.41, 5.74) is 1.42. The van der Waals surface area contributed by atoms with Crippen LogP contribution in [0.3, 0.4) is 0 Å². The highest BCUT2D eigenvalue weighted by Gasteiger charge is 2.40. The molecule has 3 atom stereocenters. The van der Waals surface area contributed by atoms with E-state index in [2.05, 4.69) is 31.3 Å². The van der Waals surface area contributed by atoms with Crippen LogP contribution < -0.4 is 10.5 Å². The van der Waals surface area contributed by atoms with Crippen molar-refractivity contribution in [3.63, 3.8) is 0 Å². The van der Waals surface area contributed by atoms with Gasteiger partial charge in [0.25, 0.3) is 5.91 Å². The maximum absolute atomic E-state index is 13.5. The van der Waals surface area contributed by atoms with Crippen molar-refractivity contribution in [3.8, 4) is 0 Å². The average Bonchev–Trinajstić information content (AvgIpc) is 2.76. The van der Waals surface area contributed by atoms with Crippen LogP contribution in [0, 0.1) is 11.3 Å². The standard InChI is InChI=1S/C25H32ClN3O3S/c1-16(2)22(28-23(30)18-6-5-7-20(14-18)33(27)32)24(31)29-13-12-21(25(3,4)15-29)17-8-10-19(26)11-9-17/h5-11,14,16,21-22H,12-13,15,27H2,1-4H3,(H,28,30)/t21?,22-,33?/m1/s1. The summed E-state index contributed by atoms with van der Waals surface area (Å²) in [4.78, 5) is 28.6. The Kier molecular flexibility index (Phi) is 7.98. The summed E-state index contributed by atoms with van der Waals surface area (Å²) >= 11 is 6.05.